The minimum absolute atomic E-state index is 0.0472. The largest absolute Gasteiger partial charge is 0.480 e. The fraction of sp³-hybridized carbons (Fsp3) is 0.250. The standard InChI is InChI=1S/C16H17ClN2O4/c1-2-5-23-9-14(16(21)22)19-15(20)6-10-8-18-13-4-3-11(17)7-12(10)13/h2-4,7-8,14,18H,1,5-6,9H2,(H,19,20)(H,21,22). The van der Waals surface area contributed by atoms with Crippen LogP contribution in [0.15, 0.2) is 37.1 Å². The van der Waals surface area contributed by atoms with Crippen LogP contribution in [0.4, 0.5) is 0 Å². The molecule has 0 saturated heterocycles. The normalized spacial score (nSPS) is 12.0. The number of carbonyl (C=O) groups excluding carboxylic acids is 1. The molecule has 0 aliphatic rings. The lowest BCUT2D eigenvalue weighted by atomic mass is 10.1. The molecule has 6 nitrogen and oxygen atoms in total. The highest BCUT2D eigenvalue weighted by Crippen LogP contribution is 2.22. The molecule has 7 heteroatoms. The van der Waals surface area contributed by atoms with E-state index in [1.54, 1.807) is 18.3 Å². The summed E-state index contributed by atoms with van der Waals surface area (Å²) < 4.78 is 5.09. The molecule has 0 aliphatic heterocycles. The highest BCUT2D eigenvalue weighted by atomic mass is 35.5. The number of hydrogen-bond acceptors (Lipinski definition) is 3. The van der Waals surface area contributed by atoms with Crippen LogP contribution >= 0.6 is 11.6 Å². The summed E-state index contributed by atoms with van der Waals surface area (Å²) in [5, 5.41) is 13.0. The first kappa shape index (κ1) is 17.1. The van der Waals surface area contributed by atoms with E-state index in [-0.39, 0.29) is 19.6 Å². The maximum absolute atomic E-state index is 12.1. The molecule has 0 spiro atoms. The van der Waals surface area contributed by atoms with E-state index in [0.717, 1.165) is 16.5 Å². The van der Waals surface area contributed by atoms with Gasteiger partial charge in [-0.2, -0.15) is 0 Å². The number of carbonyl (C=O) groups is 2. The van der Waals surface area contributed by atoms with Crippen molar-refractivity contribution in [3.05, 3.63) is 47.6 Å². The lowest BCUT2D eigenvalue weighted by Crippen LogP contribution is -2.44. The predicted molar refractivity (Wildman–Crippen MR) is 87.6 cm³/mol. The zero-order valence-electron chi connectivity index (χ0n) is 12.3. The molecule has 1 amide bonds. The van der Waals surface area contributed by atoms with E-state index in [1.165, 1.54) is 6.08 Å². The van der Waals surface area contributed by atoms with Gasteiger partial charge in [0.05, 0.1) is 19.6 Å². The zero-order valence-corrected chi connectivity index (χ0v) is 13.1. The average molecular weight is 337 g/mol. The van der Waals surface area contributed by atoms with Crippen molar-refractivity contribution in [1.82, 2.24) is 10.3 Å². The number of rotatable bonds is 8. The van der Waals surface area contributed by atoms with Gasteiger partial charge >= 0.3 is 5.97 Å². The first-order valence-corrected chi connectivity index (χ1v) is 7.35. The molecule has 0 radical (unpaired) electrons. The van der Waals surface area contributed by atoms with Gasteiger partial charge in [0.1, 0.15) is 0 Å². The minimum atomic E-state index is -1.15. The molecule has 1 unspecified atom stereocenters. The first-order valence-electron chi connectivity index (χ1n) is 6.97. The summed E-state index contributed by atoms with van der Waals surface area (Å²) in [4.78, 5) is 26.3. The molecular formula is C16H17ClN2O4. The number of amides is 1. The van der Waals surface area contributed by atoms with Crippen molar-refractivity contribution >= 4 is 34.4 Å². The lowest BCUT2D eigenvalue weighted by Gasteiger charge is -2.14. The lowest BCUT2D eigenvalue weighted by molar-refractivity contribution is -0.143. The number of benzene rings is 1. The van der Waals surface area contributed by atoms with E-state index in [4.69, 9.17) is 21.4 Å². The second-order valence-corrected chi connectivity index (χ2v) is 5.40. The Morgan fingerprint density at radius 3 is 2.96 bits per heavy atom. The van der Waals surface area contributed by atoms with Crippen LogP contribution in [0.3, 0.4) is 0 Å². The number of nitrogens with one attached hydrogen (secondary N) is 2. The first-order chi connectivity index (χ1) is 11.0. The van der Waals surface area contributed by atoms with Gasteiger partial charge in [-0.1, -0.05) is 17.7 Å². The Kier molecular flexibility index (Phi) is 5.78. The SMILES string of the molecule is C=CCOCC(NC(=O)Cc1c[nH]c2ccc(Cl)cc12)C(=O)O. The summed E-state index contributed by atoms with van der Waals surface area (Å²) in [5.74, 6) is -1.55. The van der Waals surface area contributed by atoms with Crippen molar-refractivity contribution in [2.24, 2.45) is 0 Å². The highest BCUT2D eigenvalue weighted by Gasteiger charge is 2.20. The maximum atomic E-state index is 12.1. The number of carboxylic acids is 1. The van der Waals surface area contributed by atoms with Gasteiger partial charge in [-0.3, -0.25) is 4.79 Å². The quantitative estimate of drug-likeness (QED) is 0.508. The van der Waals surface area contributed by atoms with Gasteiger partial charge in [0, 0.05) is 22.1 Å². The summed E-state index contributed by atoms with van der Waals surface area (Å²) >= 11 is 5.96. The minimum Gasteiger partial charge on any atom is -0.480 e. The van der Waals surface area contributed by atoms with Crippen LogP contribution < -0.4 is 5.32 Å². The van der Waals surface area contributed by atoms with E-state index in [1.807, 2.05) is 6.07 Å². The van der Waals surface area contributed by atoms with E-state index >= 15 is 0 Å². The molecule has 1 atom stereocenters. The molecule has 3 N–H and O–H groups in total. The zero-order chi connectivity index (χ0) is 16.8. The van der Waals surface area contributed by atoms with Crippen molar-refractivity contribution < 1.29 is 19.4 Å². The van der Waals surface area contributed by atoms with Crippen LogP contribution in [-0.4, -0.2) is 41.2 Å². The smallest absolute Gasteiger partial charge is 0.328 e. The number of aromatic amines is 1. The molecule has 122 valence electrons. The van der Waals surface area contributed by atoms with Crippen LogP contribution in [0, 0.1) is 0 Å². The third-order valence-corrected chi connectivity index (χ3v) is 3.47. The fourth-order valence-corrected chi connectivity index (χ4v) is 2.33. The van der Waals surface area contributed by atoms with Crippen molar-refractivity contribution in [2.75, 3.05) is 13.2 Å². The van der Waals surface area contributed by atoms with Gasteiger partial charge in [0.15, 0.2) is 6.04 Å². The van der Waals surface area contributed by atoms with Gasteiger partial charge in [0.2, 0.25) is 5.91 Å². The number of hydrogen-bond donors (Lipinski definition) is 3. The third-order valence-electron chi connectivity index (χ3n) is 3.23. The van der Waals surface area contributed by atoms with Crippen molar-refractivity contribution in [3.63, 3.8) is 0 Å². The van der Waals surface area contributed by atoms with Crippen molar-refractivity contribution in [1.29, 1.82) is 0 Å². The molecule has 0 fully saturated rings. The van der Waals surface area contributed by atoms with Crippen LogP contribution in [0.2, 0.25) is 5.02 Å². The molecule has 1 aromatic carbocycles. The topological polar surface area (TPSA) is 91.4 Å². The molecular weight excluding hydrogens is 320 g/mol. The monoisotopic (exact) mass is 336 g/mol. The summed E-state index contributed by atoms with van der Waals surface area (Å²) in [6.45, 7) is 3.58. The van der Waals surface area contributed by atoms with Crippen LogP contribution in [0.5, 0.6) is 0 Å². The predicted octanol–water partition coefficient (Wildman–Crippen LogP) is 2.14. The second kappa shape index (κ2) is 7.80. The Labute approximate surface area is 138 Å². The van der Waals surface area contributed by atoms with Gasteiger partial charge in [-0.15, -0.1) is 6.58 Å². The summed E-state index contributed by atoms with van der Waals surface area (Å²) in [6, 6.07) is 4.23. The Morgan fingerprint density at radius 1 is 1.48 bits per heavy atom. The fourth-order valence-electron chi connectivity index (χ4n) is 2.16. The number of fused-ring (bicyclic) bond motifs is 1. The molecule has 23 heavy (non-hydrogen) atoms. The molecule has 0 aliphatic carbocycles. The Hall–Kier alpha value is -2.31. The number of ether oxygens (including phenoxy) is 1. The van der Waals surface area contributed by atoms with Crippen LogP contribution in [-0.2, 0) is 20.7 Å². The van der Waals surface area contributed by atoms with E-state index < -0.39 is 17.9 Å². The van der Waals surface area contributed by atoms with Crippen molar-refractivity contribution in [2.45, 2.75) is 12.5 Å². The molecule has 2 aromatic rings. The number of halogens is 1. The van der Waals surface area contributed by atoms with Gasteiger partial charge in [-0.05, 0) is 23.8 Å². The molecule has 1 aromatic heterocycles. The van der Waals surface area contributed by atoms with Gasteiger partial charge in [-0.25, -0.2) is 4.79 Å². The molecule has 0 saturated carbocycles. The number of carboxylic acid groups (broad SMARTS) is 1. The molecule has 2 rings (SSSR count). The maximum Gasteiger partial charge on any atom is 0.328 e. The third kappa shape index (κ3) is 4.58. The van der Waals surface area contributed by atoms with Crippen LogP contribution in [0.25, 0.3) is 10.9 Å². The Morgan fingerprint density at radius 2 is 2.26 bits per heavy atom. The van der Waals surface area contributed by atoms with Gasteiger partial charge < -0.3 is 20.1 Å². The Balaban J connectivity index is 2.03. The molecule has 1 heterocycles. The average Bonchev–Trinajstić information content (AvgIpc) is 2.88. The Bertz CT molecular complexity index is 726. The van der Waals surface area contributed by atoms with Gasteiger partial charge in [0.25, 0.3) is 0 Å². The van der Waals surface area contributed by atoms with Crippen molar-refractivity contribution in [3.8, 4) is 0 Å². The van der Waals surface area contributed by atoms with Crippen LogP contribution in [0.1, 0.15) is 5.56 Å². The number of aromatic nitrogens is 1. The molecule has 0 bridgehead atoms. The van der Waals surface area contributed by atoms with E-state index in [0.29, 0.717) is 5.02 Å². The summed E-state index contributed by atoms with van der Waals surface area (Å²) in [6.07, 6.45) is 3.27. The summed E-state index contributed by atoms with van der Waals surface area (Å²) in [7, 11) is 0. The summed E-state index contributed by atoms with van der Waals surface area (Å²) in [5.41, 5.74) is 1.61. The number of H-pyrrole nitrogens is 1. The number of aliphatic carboxylic acids is 1. The van der Waals surface area contributed by atoms with E-state index in [2.05, 4.69) is 16.9 Å². The second-order valence-electron chi connectivity index (χ2n) is 4.97. The highest BCUT2D eigenvalue weighted by molar-refractivity contribution is 6.31. The van der Waals surface area contributed by atoms with E-state index in [9.17, 15) is 9.59 Å².